The van der Waals surface area contributed by atoms with Gasteiger partial charge in [-0.2, -0.15) is 0 Å². The molecule has 0 radical (unpaired) electrons. The number of aryl methyl sites for hydroxylation is 2. The van der Waals surface area contributed by atoms with Gasteiger partial charge in [0.15, 0.2) is 0 Å². The van der Waals surface area contributed by atoms with Gasteiger partial charge in [0.1, 0.15) is 5.82 Å². The van der Waals surface area contributed by atoms with Crippen LogP contribution in [0.3, 0.4) is 0 Å². The Morgan fingerprint density at radius 3 is 2.57 bits per heavy atom. The van der Waals surface area contributed by atoms with Crippen molar-refractivity contribution in [2.75, 3.05) is 5.32 Å². The minimum absolute atomic E-state index is 0.179. The molecule has 0 aliphatic carbocycles. The van der Waals surface area contributed by atoms with Gasteiger partial charge in [0.2, 0.25) is 0 Å². The van der Waals surface area contributed by atoms with Gasteiger partial charge in [-0.3, -0.25) is 0 Å². The van der Waals surface area contributed by atoms with Crippen LogP contribution in [0.4, 0.5) is 11.5 Å². The number of pyridine rings is 1. The number of anilines is 2. The van der Waals surface area contributed by atoms with Gasteiger partial charge in [0.05, 0.1) is 16.3 Å². The van der Waals surface area contributed by atoms with Crippen molar-refractivity contribution in [3.8, 4) is 0 Å². The topological polar surface area (TPSA) is 62.2 Å². The lowest BCUT2D eigenvalue weighted by Gasteiger charge is -2.11. The van der Waals surface area contributed by atoms with Crippen molar-refractivity contribution >= 4 is 40.7 Å². The molecule has 6 heteroatoms. The Balaban J connectivity index is 2.41. The van der Waals surface area contributed by atoms with Gasteiger partial charge in [-0.1, -0.05) is 30.1 Å². The second kappa shape index (κ2) is 6.33. The molecule has 21 heavy (non-hydrogen) atoms. The highest BCUT2D eigenvalue weighted by atomic mass is 35.5. The highest BCUT2D eigenvalue weighted by Crippen LogP contribution is 2.31. The maximum atomic E-state index is 11.1. The Kier molecular flexibility index (Phi) is 4.70. The Bertz CT molecular complexity index is 702. The molecule has 0 aliphatic heterocycles. The lowest BCUT2D eigenvalue weighted by Crippen LogP contribution is -2.03. The van der Waals surface area contributed by atoms with Crippen LogP contribution in [0, 0.1) is 6.92 Å². The lowest BCUT2D eigenvalue weighted by atomic mass is 10.2. The molecule has 0 aliphatic rings. The summed E-state index contributed by atoms with van der Waals surface area (Å²) >= 11 is 12.2. The summed E-state index contributed by atoms with van der Waals surface area (Å²) in [6, 6.07) is 6.46. The molecule has 1 aromatic carbocycles. The third-order valence-corrected chi connectivity index (χ3v) is 3.72. The van der Waals surface area contributed by atoms with Gasteiger partial charge < -0.3 is 10.4 Å². The molecule has 0 saturated heterocycles. The Morgan fingerprint density at radius 1 is 1.24 bits per heavy atom. The fourth-order valence-corrected chi connectivity index (χ4v) is 2.27. The van der Waals surface area contributed by atoms with E-state index in [0.717, 1.165) is 5.56 Å². The smallest absolute Gasteiger partial charge is 0.335 e. The SMILES string of the molecule is CCc1cc(C(=O)O)cc(Nc2cc(Cl)c(C)cc2Cl)n1. The number of benzene rings is 1. The summed E-state index contributed by atoms with van der Waals surface area (Å²) in [5, 5.41) is 13.2. The summed E-state index contributed by atoms with van der Waals surface area (Å²) in [4.78, 5) is 15.5. The van der Waals surface area contributed by atoms with Gasteiger partial charge in [-0.05, 0) is 43.2 Å². The lowest BCUT2D eigenvalue weighted by molar-refractivity contribution is 0.0696. The third-order valence-electron chi connectivity index (χ3n) is 3.00. The molecule has 4 nitrogen and oxygen atoms in total. The molecule has 2 rings (SSSR count). The van der Waals surface area contributed by atoms with E-state index in [9.17, 15) is 4.79 Å². The zero-order valence-corrected chi connectivity index (χ0v) is 13.1. The predicted molar refractivity (Wildman–Crippen MR) is 85.1 cm³/mol. The number of carbonyl (C=O) groups is 1. The van der Waals surface area contributed by atoms with Crippen molar-refractivity contribution in [2.24, 2.45) is 0 Å². The van der Waals surface area contributed by atoms with Crippen LogP contribution in [0.25, 0.3) is 0 Å². The van der Waals surface area contributed by atoms with Crippen molar-refractivity contribution in [2.45, 2.75) is 20.3 Å². The molecule has 0 amide bonds. The summed E-state index contributed by atoms with van der Waals surface area (Å²) in [6.07, 6.45) is 0.637. The van der Waals surface area contributed by atoms with Gasteiger partial charge in [-0.15, -0.1) is 0 Å². The summed E-state index contributed by atoms with van der Waals surface area (Å²) in [7, 11) is 0. The highest BCUT2D eigenvalue weighted by Gasteiger charge is 2.10. The maximum absolute atomic E-state index is 11.1. The third kappa shape index (κ3) is 3.65. The first-order valence-corrected chi connectivity index (χ1v) is 7.13. The normalized spacial score (nSPS) is 10.5. The number of nitrogens with zero attached hydrogens (tertiary/aromatic N) is 1. The molecule has 2 N–H and O–H groups in total. The van der Waals surface area contributed by atoms with Crippen molar-refractivity contribution in [1.82, 2.24) is 4.98 Å². The van der Waals surface area contributed by atoms with E-state index in [1.165, 1.54) is 6.07 Å². The number of nitrogens with one attached hydrogen (secondary N) is 1. The molecule has 1 heterocycles. The molecule has 110 valence electrons. The van der Waals surface area contributed by atoms with E-state index in [4.69, 9.17) is 28.3 Å². The van der Waals surface area contributed by atoms with Crippen LogP contribution in [0.5, 0.6) is 0 Å². The Morgan fingerprint density at radius 2 is 1.95 bits per heavy atom. The van der Waals surface area contributed by atoms with Crippen LogP contribution in [0.2, 0.25) is 10.0 Å². The van der Waals surface area contributed by atoms with Gasteiger partial charge >= 0.3 is 5.97 Å². The van der Waals surface area contributed by atoms with E-state index >= 15 is 0 Å². The maximum Gasteiger partial charge on any atom is 0.335 e. The molecule has 2 aromatic rings. The van der Waals surface area contributed by atoms with E-state index in [1.54, 1.807) is 18.2 Å². The quantitative estimate of drug-likeness (QED) is 0.855. The molecular weight excluding hydrogens is 311 g/mol. The van der Waals surface area contributed by atoms with Crippen molar-refractivity contribution < 1.29 is 9.90 Å². The number of aromatic carboxylic acids is 1. The van der Waals surface area contributed by atoms with Crippen LogP contribution in [-0.4, -0.2) is 16.1 Å². The molecule has 1 aromatic heterocycles. The summed E-state index contributed by atoms with van der Waals surface area (Å²) in [5.41, 5.74) is 2.32. The summed E-state index contributed by atoms with van der Waals surface area (Å²) < 4.78 is 0. The number of carboxylic acids is 1. The minimum atomic E-state index is -0.997. The molecule has 0 spiro atoms. The number of hydrogen-bond donors (Lipinski definition) is 2. The van der Waals surface area contributed by atoms with Gasteiger partial charge in [-0.25, -0.2) is 9.78 Å². The van der Waals surface area contributed by atoms with E-state index in [0.29, 0.717) is 33.7 Å². The Hall–Kier alpha value is -1.78. The fourth-order valence-electron chi connectivity index (χ4n) is 1.84. The number of carboxylic acid groups (broad SMARTS) is 1. The van der Waals surface area contributed by atoms with E-state index in [-0.39, 0.29) is 5.56 Å². The average molecular weight is 325 g/mol. The first kappa shape index (κ1) is 15.6. The summed E-state index contributed by atoms with van der Waals surface area (Å²) in [5.74, 6) is -0.572. The summed E-state index contributed by atoms with van der Waals surface area (Å²) in [6.45, 7) is 3.77. The first-order chi connectivity index (χ1) is 9.90. The zero-order chi connectivity index (χ0) is 15.6. The second-order valence-electron chi connectivity index (χ2n) is 4.60. The van der Waals surface area contributed by atoms with Crippen LogP contribution in [0.15, 0.2) is 24.3 Å². The largest absolute Gasteiger partial charge is 0.478 e. The van der Waals surface area contributed by atoms with Crippen molar-refractivity contribution in [3.05, 3.63) is 51.1 Å². The van der Waals surface area contributed by atoms with Gasteiger partial charge in [0, 0.05) is 10.7 Å². The molecule has 0 fully saturated rings. The van der Waals surface area contributed by atoms with Crippen LogP contribution >= 0.6 is 23.2 Å². The van der Waals surface area contributed by atoms with E-state index in [1.807, 2.05) is 13.8 Å². The average Bonchev–Trinajstić information content (AvgIpc) is 2.44. The van der Waals surface area contributed by atoms with Crippen LogP contribution < -0.4 is 5.32 Å². The molecule has 0 unspecified atom stereocenters. The van der Waals surface area contributed by atoms with Crippen LogP contribution in [0.1, 0.15) is 28.5 Å². The Labute approximate surface area is 132 Å². The molecule has 0 atom stereocenters. The van der Waals surface area contributed by atoms with Crippen molar-refractivity contribution in [1.29, 1.82) is 0 Å². The van der Waals surface area contributed by atoms with Crippen LogP contribution in [-0.2, 0) is 6.42 Å². The molecule has 0 bridgehead atoms. The first-order valence-electron chi connectivity index (χ1n) is 6.37. The second-order valence-corrected chi connectivity index (χ2v) is 5.41. The monoisotopic (exact) mass is 324 g/mol. The number of hydrogen-bond acceptors (Lipinski definition) is 3. The van der Waals surface area contributed by atoms with E-state index in [2.05, 4.69) is 10.3 Å². The standard InChI is InChI=1S/C15H14Cl2N2O2/c1-3-10-5-9(15(20)21)6-14(18-10)19-13-7-11(16)8(2)4-12(13)17/h4-7H,3H2,1-2H3,(H,18,19)(H,20,21). The zero-order valence-electron chi connectivity index (χ0n) is 11.6. The number of aromatic nitrogens is 1. The highest BCUT2D eigenvalue weighted by molar-refractivity contribution is 6.35. The van der Waals surface area contributed by atoms with E-state index < -0.39 is 5.97 Å². The number of rotatable bonds is 4. The predicted octanol–water partition coefficient (Wildman–Crippen LogP) is 4.70. The van der Waals surface area contributed by atoms with Crippen molar-refractivity contribution in [3.63, 3.8) is 0 Å². The molecular formula is C15H14Cl2N2O2. The fraction of sp³-hybridized carbons (Fsp3) is 0.200. The minimum Gasteiger partial charge on any atom is -0.478 e. The molecule has 0 saturated carbocycles. The number of halogens is 2. The van der Waals surface area contributed by atoms with Gasteiger partial charge in [0.25, 0.3) is 0 Å².